The van der Waals surface area contributed by atoms with Crippen molar-refractivity contribution in [2.45, 2.75) is 63.1 Å². The molecule has 3 aromatic carbocycles. The number of carboxylic acids is 1. The monoisotopic (exact) mass is 983 g/mol. The Balaban J connectivity index is 0.000000980. The van der Waals surface area contributed by atoms with E-state index >= 15 is 0 Å². The van der Waals surface area contributed by atoms with Gasteiger partial charge in [-0.25, -0.2) is 19.2 Å². The van der Waals surface area contributed by atoms with Crippen LogP contribution in [0.15, 0.2) is 79.1 Å². The highest BCUT2D eigenvalue weighted by atomic mass is 35.5. The maximum Gasteiger partial charge on any atom is 0.490 e. The van der Waals surface area contributed by atoms with Crippen LogP contribution in [0.25, 0.3) is 0 Å². The van der Waals surface area contributed by atoms with Gasteiger partial charge in [-0.1, -0.05) is 47.5 Å². The van der Waals surface area contributed by atoms with E-state index in [1.165, 1.54) is 37.4 Å². The molecule has 4 fully saturated rings. The van der Waals surface area contributed by atoms with Gasteiger partial charge in [0.2, 0.25) is 0 Å². The van der Waals surface area contributed by atoms with Crippen LogP contribution in [-0.4, -0.2) is 92.7 Å². The summed E-state index contributed by atoms with van der Waals surface area (Å²) in [4.78, 5) is 51.7. The van der Waals surface area contributed by atoms with Crippen molar-refractivity contribution in [2.75, 3.05) is 45.3 Å². The molecule has 0 radical (unpaired) electrons. The predicted molar refractivity (Wildman–Crippen MR) is 228 cm³/mol. The number of aromatic nitrogens is 1. The van der Waals surface area contributed by atoms with Gasteiger partial charge in [0.1, 0.15) is 28.0 Å². The quantitative estimate of drug-likeness (QED) is 0.0320. The molecule has 8 rings (SSSR count). The molecule has 22 heteroatoms. The Morgan fingerprint density at radius 2 is 1.61 bits per heavy atom. The largest absolute Gasteiger partial charge is 0.619 e. The Bertz CT molecular complexity index is 2380. The number of ether oxygens (including phenoxy) is 6. The summed E-state index contributed by atoms with van der Waals surface area (Å²) in [6.45, 7) is -1.01. The minimum absolute atomic E-state index is 0.00391. The smallest absolute Gasteiger partial charge is 0.490 e. The Morgan fingerprint density at radius 3 is 2.22 bits per heavy atom. The molecule has 1 saturated carbocycles. The van der Waals surface area contributed by atoms with Crippen LogP contribution in [0.4, 0.5) is 27.6 Å². The van der Waals surface area contributed by atoms with Crippen LogP contribution in [0.1, 0.15) is 64.9 Å². The summed E-state index contributed by atoms with van der Waals surface area (Å²) in [5.74, 6) is -4.15. The van der Waals surface area contributed by atoms with E-state index < -0.39 is 55.4 Å². The number of halogens is 7. The molecule has 67 heavy (non-hydrogen) atoms. The number of aliphatic carboxylic acids is 1. The lowest BCUT2D eigenvalue weighted by Gasteiger charge is -2.44. The summed E-state index contributed by atoms with van der Waals surface area (Å²) >= 11 is 12.7. The number of anilines is 1. The number of piperidine rings is 3. The van der Waals surface area contributed by atoms with Crippen LogP contribution in [0.3, 0.4) is 0 Å². The number of carbonyl (C=O) groups excluding carboxylic acids is 3. The van der Waals surface area contributed by atoms with Gasteiger partial charge in [-0.05, 0) is 104 Å². The number of nitrogens with one attached hydrogen (secondary N) is 1. The Hall–Kier alpha value is -6.12. The van der Waals surface area contributed by atoms with Crippen LogP contribution < -0.4 is 24.3 Å². The molecule has 360 valence electrons. The minimum Gasteiger partial charge on any atom is -0.619 e. The first-order chi connectivity index (χ1) is 31.9. The van der Waals surface area contributed by atoms with E-state index in [1.54, 1.807) is 36.4 Å². The normalized spacial score (nSPS) is 18.4. The van der Waals surface area contributed by atoms with Crippen molar-refractivity contribution < 1.29 is 79.4 Å². The molecule has 3 saturated heterocycles. The van der Waals surface area contributed by atoms with Crippen molar-refractivity contribution in [1.82, 2.24) is 4.90 Å². The molecule has 4 aromatic rings. The summed E-state index contributed by atoms with van der Waals surface area (Å²) < 4.78 is 91.8. The number of fused-ring (bicyclic) bond motifs is 3. The second kappa shape index (κ2) is 22.6. The SMILES string of the molecule is COc1cccc(C(Nc2cccc(C(=O)OCC(=O)O[C@@H](Cc3c(Cl)c[n+]([O-])cc3Cl)c3ccc(OC(F)F)c(OCC4CC4)c3)c2)C(=O)O[C@H]2CN3CCC2CC3)c1.O=C(O)C(F)(F)F. The summed E-state index contributed by atoms with van der Waals surface area (Å²) in [6.07, 6.45) is -0.668. The predicted octanol–water partition coefficient (Wildman–Crippen LogP) is 8.13. The van der Waals surface area contributed by atoms with Gasteiger partial charge in [0, 0.05) is 24.2 Å². The number of alkyl halides is 5. The fourth-order valence-electron chi connectivity index (χ4n) is 7.33. The topological polar surface area (TPSA) is 186 Å². The first-order valence-electron chi connectivity index (χ1n) is 20.7. The van der Waals surface area contributed by atoms with Crippen LogP contribution in [0, 0.1) is 17.0 Å². The number of hydrogen-bond donors (Lipinski definition) is 2. The summed E-state index contributed by atoms with van der Waals surface area (Å²) in [7, 11) is 1.53. The van der Waals surface area contributed by atoms with Crippen molar-refractivity contribution in [1.29, 1.82) is 0 Å². The lowest BCUT2D eigenvalue weighted by molar-refractivity contribution is -0.605. The molecule has 4 heterocycles. The molecule has 15 nitrogen and oxygen atoms in total. The zero-order valence-electron chi connectivity index (χ0n) is 35.5. The highest BCUT2D eigenvalue weighted by molar-refractivity contribution is 6.35. The number of methoxy groups -OCH3 is 1. The number of rotatable bonds is 18. The van der Waals surface area contributed by atoms with Crippen molar-refractivity contribution in [3.05, 3.63) is 117 Å². The van der Waals surface area contributed by atoms with Gasteiger partial charge in [-0.2, -0.15) is 26.7 Å². The number of carboxylic acid groups (broad SMARTS) is 1. The van der Waals surface area contributed by atoms with Crippen molar-refractivity contribution in [2.24, 2.45) is 11.8 Å². The van der Waals surface area contributed by atoms with Crippen LogP contribution >= 0.6 is 23.2 Å². The Kier molecular flexibility index (Phi) is 17.0. The van der Waals surface area contributed by atoms with Crippen LogP contribution in [0.5, 0.6) is 17.2 Å². The molecule has 2 bridgehead atoms. The fourth-order valence-corrected chi connectivity index (χ4v) is 7.92. The van der Waals surface area contributed by atoms with Gasteiger partial charge in [0.05, 0.1) is 19.3 Å². The van der Waals surface area contributed by atoms with Gasteiger partial charge in [0.15, 0.2) is 36.5 Å². The molecular formula is C45H44Cl2F5N3O12. The summed E-state index contributed by atoms with van der Waals surface area (Å²) in [5.41, 5.74) is 1.62. The summed E-state index contributed by atoms with van der Waals surface area (Å²) in [5, 5.41) is 22.3. The highest BCUT2D eigenvalue weighted by Crippen LogP contribution is 2.38. The molecule has 4 aliphatic rings. The minimum atomic E-state index is -5.08. The van der Waals surface area contributed by atoms with Gasteiger partial charge in [-0.3, -0.25) is 4.90 Å². The third-order valence-electron chi connectivity index (χ3n) is 10.9. The fraction of sp³-hybridized carbons (Fsp3) is 0.400. The summed E-state index contributed by atoms with van der Waals surface area (Å²) in [6, 6.07) is 16.4. The zero-order valence-corrected chi connectivity index (χ0v) is 37.0. The highest BCUT2D eigenvalue weighted by Gasteiger charge is 2.39. The second-order valence-corrected chi connectivity index (χ2v) is 16.6. The molecule has 2 N–H and O–H groups in total. The van der Waals surface area contributed by atoms with Crippen molar-refractivity contribution >= 4 is 52.8 Å². The second-order valence-electron chi connectivity index (χ2n) is 15.7. The first-order valence-corrected chi connectivity index (χ1v) is 21.5. The van der Waals surface area contributed by atoms with Crippen LogP contribution in [-0.2, 0) is 35.0 Å². The average Bonchev–Trinajstić information content (AvgIpc) is 4.13. The molecule has 3 atom stereocenters. The molecule has 0 spiro atoms. The molecule has 1 unspecified atom stereocenters. The molecular weight excluding hydrogens is 940 g/mol. The van der Waals surface area contributed by atoms with Gasteiger partial charge in [-0.15, -0.1) is 0 Å². The third-order valence-corrected chi connectivity index (χ3v) is 11.6. The molecule has 1 aromatic heterocycles. The number of esters is 3. The van der Waals surface area contributed by atoms with E-state index in [0.29, 0.717) is 39.8 Å². The van der Waals surface area contributed by atoms with E-state index in [9.17, 15) is 41.5 Å². The number of hydrogen-bond acceptors (Lipinski definition) is 13. The number of pyridine rings is 1. The number of benzene rings is 3. The van der Waals surface area contributed by atoms with Crippen molar-refractivity contribution in [3.8, 4) is 17.2 Å². The number of nitrogens with zero attached hydrogens (tertiary/aromatic N) is 2. The van der Waals surface area contributed by atoms with E-state index in [1.807, 2.05) is 0 Å². The maximum absolute atomic E-state index is 13.8. The zero-order chi connectivity index (χ0) is 48.4. The first kappa shape index (κ1) is 50.3. The molecule has 0 amide bonds. The van der Waals surface area contributed by atoms with Crippen molar-refractivity contribution in [3.63, 3.8) is 0 Å². The molecule has 1 aliphatic carbocycles. The lowest BCUT2D eigenvalue weighted by atomic mass is 9.86. The van der Waals surface area contributed by atoms with E-state index in [-0.39, 0.29) is 57.7 Å². The lowest BCUT2D eigenvalue weighted by Crippen LogP contribution is -2.52. The van der Waals surface area contributed by atoms with Crippen LogP contribution in [0.2, 0.25) is 10.0 Å². The Morgan fingerprint density at radius 1 is 0.925 bits per heavy atom. The van der Waals surface area contributed by atoms with E-state index in [0.717, 1.165) is 51.2 Å². The van der Waals surface area contributed by atoms with Gasteiger partial charge in [0.25, 0.3) is 0 Å². The maximum atomic E-state index is 13.8. The third kappa shape index (κ3) is 14.4. The number of carbonyl (C=O) groups is 4. The van der Waals surface area contributed by atoms with Gasteiger partial charge >= 0.3 is 36.7 Å². The molecule has 3 aliphatic heterocycles. The standard InChI is InChI=1S/C43H43Cl2F2N3O10.C2HF3O2/c1-55-31-7-3-4-28(17-31)40(42(53)59-38-22-49-14-12-26(38)13-15-49)48-30-6-2-5-29(16-30)41(52)57-24-39(51)58-36(19-32-33(44)20-50(54)21-34(32)45)27-10-11-35(60-43(46)47)37(18-27)56-23-25-8-9-25;3-2(4,5)1(6)7/h2-7,10-11,16-18,20-21,25-26,36,38,40,43,48H,8-9,12-15,19,22-24H2,1H3;(H,6,7)/t36-,38-,40?;/m0./s1. The van der Waals surface area contributed by atoms with Gasteiger partial charge < -0.3 is 44.1 Å². The van der Waals surface area contributed by atoms with E-state index in [4.69, 9.17) is 56.8 Å². The Labute approximate surface area is 390 Å². The average molecular weight is 985 g/mol. The van der Waals surface area contributed by atoms with E-state index in [2.05, 4.69) is 15.0 Å².